The van der Waals surface area contributed by atoms with Gasteiger partial charge in [0.1, 0.15) is 24.2 Å². The first kappa shape index (κ1) is 56.8. The summed E-state index contributed by atoms with van der Waals surface area (Å²) in [4.78, 5) is 105. The summed E-state index contributed by atoms with van der Waals surface area (Å²) >= 11 is 0. The maximum Gasteiger partial charge on any atom is 0.251 e. The molecular formula is C60H79N9O7. The predicted molar refractivity (Wildman–Crippen MR) is 293 cm³/mol. The van der Waals surface area contributed by atoms with Crippen molar-refractivity contribution in [2.75, 3.05) is 20.6 Å². The molecule has 16 heteroatoms. The summed E-state index contributed by atoms with van der Waals surface area (Å²) < 4.78 is 0. The van der Waals surface area contributed by atoms with Gasteiger partial charge in [-0.25, -0.2) is 0 Å². The number of aryl methyl sites for hydroxylation is 1. The maximum atomic E-state index is 15.2. The van der Waals surface area contributed by atoms with Gasteiger partial charge in [-0.2, -0.15) is 0 Å². The fourth-order valence-corrected chi connectivity index (χ4v) is 10.5. The number of benzene rings is 4. The van der Waals surface area contributed by atoms with Crippen LogP contribution in [0.2, 0.25) is 0 Å². The molecule has 3 aliphatic rings. The van der Waals surface area contributed by atoms with Gasteiger partial charge in [0.2, 0.25) is 35.4 Å². The van der Waals surface area contributed by atoms with Crippen molar-refractivity contribution in [2.24, 2.45) is 10.8 Å². The van der Waals surface area contributed by atoms with Crippen LogP contribution in [0.15, 0.2) is 103 Å². The number of rotatable bonds is 17. The number of fused-ring (bicyclic) bond motifs is 2. The second kappa shape index (κ2) is 24.4. The number of hydrogen-bond acceptors (Lipinski definition) is 9. The van der Waals surface area contributed by atoms with E-state index < -0.39 is 64.9 Å². The first-order valence-electron chi connectivity index (χ1n) is 26.8. The van der Waals surface area contributed by atoms with E-state index in [0.29, 0.717) is 5.56 Å². The van der Waals surface area contributed by atoms with Crippen molar-refractivity contribution in [3.63, 3.8) is 0 Å². The summed E-state index contributed by atoms with van der Waals surface area (Å²) in [7, 11) is 3.35. The first-order chi connectivity index (χ1) is 36.1. The van der Waals surface area contributed by atoms with Gasteiger partial charge in [-0.05, 0) is 110 Å². The molecule has 2 heterocycles. The second-order valence-corrected chi connectivity index (χ2v) is 23.0. The number of amides is 7. The molecule has 0 spiro atoms. The summed E-state index contributed by atoms with van der Waals surface area (Å²) in [6.45, 7) is 15.4. The largest absolute Gasteiger partial charge is 0.347 e. The van der Waals surface area contributed by atoms with Gasteiger partial charge in [-0.15, -0.1) is 0 Å². The Balaban J connectivity index is 1.12. The van der Waals surface area contributed by atoms with Gasteiger partial charge in [0.15, 0.2) is 0 Å². The number of carbonyl (C=O) groups excluding carboxylic acids is 7. The zero-order valence-electron chi connectivity index (χ0n) is 46.0. The quantitative estimate of drug-likeness (QED) is 0.0808. The van der Waals surface area contributed by atoms with Gasteiger partial charge < -0.3 is 46.6 Å². The molecule has 406 valence electrons. The van der Waals surface area contributed by atoms with Gasteiger partial charge in [-0.3, -0.25) is 33.6 Å². The van der Waals surface area contributed by atoms with E-state index in [1.165, 1.54) is 10.5 Å². The molecule has 0 aromatic heterocycles. The minimum absolute atomic E-state index is 0.0473. The maximum absolute atomic E-state index is 15.2. The average molecular weight is 1040 g/mol. The third kappa shape index (κ3) is 13.5. The van der Waals surface area contributed by atoms with Crippen LogP contribution < -0.4 is 31.9 Å². The molecule has 8 atom stereocenters. The Morgan fingerprint density at radius 2 is 1.14 bits per heavy atom. The molecule has 4 aromatic carbocycles. The van der Waals surface area contributed by atoms with Crippen molar-refractivity contribution in [1.29, 1.82) is 0 Å². The van der Waals surface area contributed by atoms with Crippen LogP contribution >= 0.6 is 0 Å². The molecule has 0 bridgehead atoms. The van der Waals surface area contributed by atoms with E-state index in [1.807, 2.05) is 114 Å². The van der Waals surface area contributed by atoms with E-state index in [0.717, 1.165) is 47.1 Å². The molecule has 6 N–H and O–H groups in total. The summed E-state index contributed by atoms with van der Waals surface area (Å²) in [6, 6.07) is 26.9. The lowest BCUT2D eigenvalue weighted by Gasteiger charge is -2.42. The number of likely N-dealkylation sites (tertiary alicyclic amines) is 1. The summed E-state index contributed by atoms with van der Waals surface area (Å²) in [5.41, 5.74) is 4.73. The smallest absolute Gasteiger partial charge is 0.251 e. The van der Waals surface area contributed by atoms with Crippen LogP contribution in [0.3, 0.4) is 0 Å². The highest BCUT2D eigenvalue weighted by Crippen LogP contribution is 2.33. The predicted octanol–water partition coefficient (Wildman–Crippen LogP) is 5.34. The second-order valence-electron chi connectivity index (χ2n) is 23.0. The monoisotopic (exact) mass is 1040 g/mol. The third-order valence-corrected chi connectivity index (χ3v) is 15.3. The fourth-order valence-electron chi connectivity index (χ4n) is 10.5. The van der Waals surface area contributed by atoms with Crippen LogP contribution in [0, 0.1) is 10.8 Å². The number of carbonyl (C=O) groups is 7. The highest BCUT2D eigenvalue weighted by Gasteiger charge is 2.47. The van der Waals surface area contributed by atoms with Crippen LogP contribution in [-0.2, 0) is 61.2 Å². The van der Waals surface area contributed by atoms with Crippen molar-refractivity contribution >= 4 is 41.4 Å². The Labute approximate surface area is 448 Å². The van der Waals surface area contributed by atoms with E-state index in [1.54, 1.807) is 62.0 Å². The molecular weight excluding hydrogens is 959 g/mol. The van der Waals surface area contributed by atoms with Crippen LogP contribution in [0.1, 0.15) is 124 Å². The molecule has 76 heavy (non-hydrogen) atoms. The van der Waals surface area contributed by atoms with Gasteiger partial charge in [0.05, 0.1) is 18.1 Å². The lowest BCUT2D eigenvalue weighted by atomic mass is 9.84. The Hall–Kier alpha value is -6.91. The highest BCUT2D eigenvalue weighted by atomic mass is 16.2. The molecule has 7 amide bonds. The van der Waals surface area contributed by atoms with Crippen LogP contribution in [0.4, 0.5) is 0 Å². The summed E-state index contributed by atoms with van der Waals surface area (Å²) in [5.74, 6) is -2.40. The standard InChI is InChI=1S/C60H79N9O7/c1-37(61-9)52(70)65-50(59(3,4)5)57(75)68-35-44-23-15-14-22-43(44)31-49(68)56(74)67(33-39-19-12-11-13-20-39)34-40-27-29-42(30-28-40)54(72)63-45-32-48(55(73)64-47-26-18-24-41-21-16-17-25-46(41)47)69(36-45)58(76)51(60(6,7)8)66-53(71)38(2)62-10/h11-17,19-23,25,27-30,37-38,45,47-51,61-62H,18,24,26,31-36H2,1-10H3,(H,63,72)(H,64,73)(H,65,70)(H,66,71)/t37-,38-,45?,47+,48-,49?,50?,51+/m0/s1. The minimum Gasteiger partial charge on any atom is -0.347 e. The van der Waals surface area contributed by atoms with Crippen molar-refractivity contribution in [1.82, 2.24) is 46.6 Å². The van der Waals surface area contributed by atoms with Gasteiger partial charge >= 0.3 is 0 Å². The summed E-state index contributed by atoms with van der Waals surface area (Å²) in [6.07, 6.45) is 3.02. The van der Waals surface area contributed by atoms with Crippen LogP contribution in [0.25, 0.3) is 0 Å². The Kier molecular flexibility index (Phi) is 18.2. The lowest BCUT2D eigenvalue weighted by Crippen LogP contribution is -2.62. The minimum atomic E-state index is -0.963. The molecule has 1 saturated heterocycles. The number of likely N-dealkylation sites (N-methyl/N-ethyl adjacent to an activating group) is 2. The topological polar surface area (TPSA) is 201 Å². The Bertz CT molecular complexity index is 2740. The Morgan fingerprint density at radius 1 is 0.618 bits per heavy atom. The van der Waals surface area contributed by atoms with E-state index >= 15 is 4.79 Å². The zero-order chi connectivity index (χ0) is 55.1. The van der Waals surface area contributed by atoms with Crippen molar-refractivity contribution in [2.45, 2.75) is 155 Å². The molecule has 2 aliphatic heterocycles. The fraction of sp³-hybridized carbons (Fsp3) is 0.483. The summed E-state index contributed by atoms with van der Waals surface area (Å²) in [5, 5.41) is 18.2. The van der Waals surface area contributed by atoms with Crippen molar-refractivity contribution in [3.8, 4) is 0 Å². The zero-order valence-corrected chi connectivity index (χ0v) is 46.0. The first-order valence-corrected chi connectivity index (χ1v) is 26.8. The number of nitrogens with zero attached hydrogens (tertiary/aromatic N) is 3. The molecule has 1 fully saturated rings. The number of nitrogens with one attached hydrogen (secondary N) is 6. The Morgan fingerprint density at radius 3 is 1.72 bits per heavy atom. The van der Waals surface area contributed by atoms with Gasteiger partial charge in [-0.1, -0.05) is 133 Å². The normalized spacial score (nSPS) is 19.9. The molecule has 4 aromatic rings. The van der Waals surface area contributed by atoms with E-state index in [9.17, 15) is 28.8 Å². The SMILES string of the molecule is CN[C@@H](C)C(=O)NC(C(=O)N1Cc2ccccc2CC1C(=O)N(Cc1ccccc1)Cc1ccc(C(=O)NC2C[C@@H](C(=O)N[C@@H]3CCCc4ccccc43)N(C(=O)[C@@H](NC(=O)[C@H](C)NC)C(C)(C)C)C2)cc1)C(C)(C)C. The molecule has 3 unspecified atom stereocenters. The molecule has 16 nitrogen and oxygen atoms in total. The van der Waals surface area contributed by atoms with Crippen LogP contribution in [0.5, 0.6) is 0 Å². The lowest BCUT2D eigenvalue weighted by molar-refractivity contribution is -0.151. The van der Waals surface area contributed by atoms with Gasteiger partial charge in [0, 0.05) is 44.2 Å². The third-order valence-electron chi connectivity index (χ3n) is 15.3. The molecule has 1 aliphatic carbocycles. The van der Waals surface area contributed by atoms with Crippen LogP contribution in [-0.4, -0.2) is 119 Å². The molecule has 0 radical (unpaired) electrons. The van der Waals surface area contributed by atoms with E-state index in [4.69, 9.17) is 0 Å². The highest BCUT2D eigenvalue weighted by molar-refractivity contribution is 5.97. The molecule has 0 saturated carbocycles. The van der Waals surface area contributed by atoms with Crippen molar-refractivity contribution in [3.05, 3.63) is 142 Å². The molecule has 7 rings (SSSR count). The van der Waals surface area contributed by atoms with Crippen molar-refractivity contribution < 1.29 is 33.6 Å². The van der Waals surface area contributed by atoms with E-state index in [2.05, 4.69) is 38.0 Å². The number of hydrogen-bond donors (Lipinski definition) is 6. The average Bonchev–Trinajstić information content (AvgIpc) is 3.85. The van der Waals surface area contributed by atoms with E-state index in [-0.39, 0.29) is 74.6 Å². The van der Waals surface area contributed by atoms with Gasteiger partial charge in [0.25, 0.3) is 5.91 Å².